The van der Waals surface area contributed by atoms with E-state index in [9.17, 15) is 14.7 Å². The van der Waals surface area contributed by atoms with Gasteiger partial charge < -0.3 is 5.11 Å². The first-order valence-electron chi connectivity index (χ1n) is 5.75. The second-order valence-electron chi connectivity index (χ2n) is 4.31. The number of para-hydroxylation sites is 1. The molecule has 0 atom stereocenters. The fourth-order valence-corrected chi connectivity index (χ4v) is 2.59. The topological polar surface area (TPSA) is 59.3 Å². The predicted molar refractivity (Wildman–Crippen MR) is 78.5 cm³/mol. The molecule has 104 valence electrons. The zero-order chi connectivity index (χ0) is 15.0. The van der Waals surface area contributed by atoms with Crippen LogP contribution in [0.25, 0.3) is 5.69 Å². The molecule has 0 amide bonds. The minimum atomic E-state index is -0.648. The van der Waals surface area contributed by atoms with Crippen LogP contribution in [0.1, 0.15) is 23.0 Å². The van der Waals surface area contributed by atoms with Crippen LogP contribution in [-0.4, -0.2) is 15.5 Å². The third-order valence-corrected chi connectivity index (χ3v) is 3.49. The van der Waals surface area contributed by atoms with Gasteiger partial charge >= 0.3 is 0 Å². The van der Waals surface area contributed by atoms with E-state index >= 15 is 0 Å². The van der Waals surface area contributed by atoms with Crippen molar-refractivity contribution in [3.63, 3.8) is 0 Å². The van der Waals surface area contributed by atoms with Gasteiger partial charge in [0.25, 0.3) is 5.56 Å². The summed E-state index contributed by atoms with van der Waals surface area (Å²) >= 11 is 12.2. The van der Waals surface area contributed by atoms with Gasteiger partial charge in [0.05, 0.1) is 15.7 Å². The summed E-state index contributed by atoms with van der Waals surface area (Å²) in [5.74, 6) is -0.871. The van der Waals surface area contributed by atoms with E-state index < -0.39 is 11.3 Å². The number of hydrogen-bond donors (Lipinski definition) is 1. The lowest BCUT2D eigenvalue weighted by molar-refractivity contribution is 0.101. The maximum Gasteiger partial charge on any atom is 0.270 e. The van der Waals surface area contributed by atoms with Crippen LogP contribution >= 0.6 is 23.2 Å². The molecule has 0 saturated heterocycles. The summed E-state index contributed by atoms with van der Waals surface area (Å²) in [7, 11) is 0. The average molecular weight is 312 g/mol. The Hall–Kier alpha value is -1.78. The molecule has 0 saturated carbocycles. The minimum absolute atomic E-state index is 0.280. The smallest absolute Gasteiger partial charge is 0.270 e. The maximum absolute atomic E-state index is 12.4. The summed E-state index contributed by atoms with van der Waals surface area (Å²) in [4.78, 5) is 23.9. The van der Waals surface area contributed by atoms with Crippen LogP contribution in [-0.2, 0) is 0 Å². The first kappa shape index (κ1) is 14.6. The molecular weight excluding hydrogens is 301 g/mol. The van der Waals surface area contributed by atoms with Gasteiger partial charge in [0, 0.05) is 11.8 Å². The maximum atomic E-state index is 12.4. The Bertz CT molecular complexity index is 745. The van der Waals surface area contributed by atoms with Crippen molar-refractivity contribution >= 4 is 29.0 Å². The second-order valence-corrected chi connectivity index (χ2v) is 5.13. The number of rotatable bonds is 2. The number of pyridine rings is 1. The molecule has 0 spiro atoms. The highest BCUT2D eigenvalue weighted by Crippen LogP contribution is 2.29. The van der Waals surface area contributed by atoms with Crippen molar-refractivity contribution in [1.82, 2.24) is 4.57 Å². The highest BCUT2D eigenvalue weighted by Gasteiger charge is 2.19. The number of aryl methyl sites for hydroxylation is 1. The van der Waals surface area contributed by atoms with Gasteiger partial charge in [-0.1, -0.05) is 29.3 Å². The Kier molecular flexibility index (Phi) is 3.88. The normalized spacial score (nSPS) is 10.6. The van der Waals surface area contributed by atoms with Crippen LogP contribution in [0, 0.1) is 6.92 Å². The molecule has 1 heterocycles. The number of ketones is 1. The first-order chi connectivity index (χ1) is 9.34. The summed E-state index contributed by atoms with van der Waals surface area (Å²) in [6.07, 6.45) is 0. The summed E-state index contributed by atoms with van der Waals surface area (Å²) in [6, 6.07) is 6.17. The van der Waals surface area contributed by atoms with Gasteiger partial charge in [-0.15, -0.1) is 0 Å². The van der Waals surface area contributed by atoms with E-state index in [0.717, 1.165) is 0 Å². The molecule has 0 radical (unpaired) electrons. The predicted octanol–water partition coefficient (Wildman–Crippen LogP) is 3.36. The van der Waals surface area contributed by atoms with Crippen molar-refractivity contribution in [3.8, 4) is 11.4 Å². The highest BCUT2D eigenvalue weighted by molar-refractivity contribution is 6.37. The number of aromatic nitrogens is 1. The van der Waals surface area contributed by atoms with Crippen LogP contribution in [0.4, 0.5) is 0 Å². The first-order valence-corrected chi connectivity index (χ1v) is 6.51. The SMILES string of the molecule is CC(=O)c1c(O)cc(C)n(-c2c(Cl)cccc2Cl)c1=O. The van der Waals surface area contributed by atoms with Crippen molar-refractivity contribution in [2.45, 2.75) is 13.8 Å². The number of hydrogen-bond acceptors (Lipinski definition) is 3. The standard InChI is InChI=1S/C14H11Cl2NO3/c1-7-6-11(19)12(8(2)18)14(20)17(7)13-9(15)4-3-5-10(13)16/h3-6,19H,1-2H3. The number of carbonyl (C=O) groups excluding carboxylic acids is 1. The van der Waals surface area contributed by atoms with Crippen molar-refractivity contribution in [2.75, 3.05) is 0 Å². The Morgan fingerprint density at radius 2 is 1.80 bits per heavy atom. The molecule has 1 aromatic carbocycles. The zero-order valence-electron chi connectivity index (χ0n) is 10.8. The molecule has 1 N–H and O–H groups in total. The van der Waals surface area contributed by atoms with E-state index in [1.165, 1.54) is 17.6 Å². The number of benzene rings is 1. The Labute approximate surface area is 125 Å². The molecule has 2 rings (SSSR count). The van der Waals surface area contributed by atoms with Crippen molar-refractivity contribution < 1.29 is 9.90 Å². The molecule has 0 aliphatic carbocycles. The van der Waals surface area contributed by atoms with Gasteiger partial charge in [0.15, 0.2) is 5.78 Å². The number of Topliss-reactive ketones (excluding diaryl/α,β-unsaturated/α-hetero) is 1. The molecule has 20 heavy (non-hydrogen) atoms. The highest BCUT2D eigenvalue weighted by atomic mass is 35.5. The van der Waals surface area contributed by atoms with E-state index in [4.69, 9.17) is 23.2 Å². The average Bonchev–Trinajstić information content (AvgIpc) is 2.31. The largest absolute Gasteiger partial charge is 0.507 e. The fraction of sp³-hybridized carbons (Fsp3) is 0.143. The van der Waals surface area contributed by atoms with E-state index in [2.05, 4.69) is 0 Å². The molecule has 1 aromatic heterocycles. The summed E-state index contributed by atoms with van der Waals surface area (Å²) in [6.45, 7) is 2.83. The number of nitrogens with zero attached hydrogens (tertiary/aromatic N) is 1. The minimum Gasteiger partial charge on any atom is -0.507 e. The number of carbonyl (C=O) groups is 1. The molecule has 2 aromatic rings. The van der Waals surface area contributed by atoms with Crippen LogP contribution < -0.4 is 5.56 Å². The van der Waals surface area contributed by atoms with Crippen molar-refractivity contribution in [3.05, 3.63) is 55.9 Å². The molecule has 0 unspecified atom stereocenters. The summed E-state index contributed by atoms with van der Waals surface area (Å²) in [5, 5.41) is 10.3. The van der Waals surface area contributed by atoms with Crippen molar-refractivity contribution in [1.29, 1.82) is 0 Å². The molecule has 0 fully saturated rings. The number of aromatic hydroxyl groups is 1. The van der Waals surface area contributed by atoms with Gasteiger partial charge in [-0.3, -0.25) is 14.2 Å². The van der Waals surface area contributed by atoms with E-state index in [1.54, 1.807) is 25.1 Å². The van der Waals surface area contributed by atoms with E-state index in [0.29, 0.717) is 11.4 Å². The van der Waals surface area contributed by atoms with Gasteiger partial charge in [-0.25, -0.2) is 0 Å². The van der Waals surface area contributed by atoms with Crippen LogP contribution in [0.2, 0.25) is 10.0 Å². The monoisotopic (exact) mass is 311 g/mol. The Morgan fingerprint density at radius 3 is 2.30 bits per heavy atom. The van der Waals surface area contributed by atoms with Gasteiger partial charge in [0.2, 0.25) is 0 Å². The molecule has 6 heteroatoms. The van der Waals surface area contributed by atoms with Crippen LogP contribution in [0.3, 0.4) is 0 Å². The van der Waals surface area contributed by atoms with Crippen molar-refractivity contribution in [2.24, 2.45) is 0 Å². The quantitative estimate of drug-likeness (QED) is 0.865. The van der Waals surface area contributed by atoms with Gasteiger partial charge in [0.1, 0.15) is 11.3 Å². The Balaban J connectivity index is 2.93. The molecule has 4 nitrogen and oxygen atoms in total. The van der Waals surface area contributed by atoms with E-state index in [-0.39, 0.29) is 21.4 Å². The summed E-state index contributed by atoms with van der Waals surface area (Å²) in [5.41, 5.74) is -0.218. The molecular formula is C14H11Cl2NO3. The van der Waals surface area contributed by atoms with Gasteiger partial charge in [-0.05, 0) is 26.0 Å². The van der Waals surface area contributed by atoms with Crippen LogP contribution in [0.5, 0.6) is 5.75 Å². The lowest BCUT2D eigenvalue weighted by atomic mass is 10.1. The lowest BCUT2D eigenvalue weighted by Crippen LogP contribution is -2.26. The second kappa shape index (κ2) is 5.31. The third-order valence-electron chi connectivity index (χ3n) is 2.88. The fourth-order valence-electron chi connectivity index (χ4n) is 2.03. The number of halogens is 2. The van der Waals surface area contributed by atoms with Gasteiger partial charge in [-0.2, -0.15) is 0 Å². The Morgan fingerprint density at radius 1 is 1.25 bits per heavy atom. The van der Waals surface area contributed by atoms with E-state index in [1.807, 2.05) is 0 Å². The molecule has 0 aliphatic heterocycles. The zero-order valence-corrected chi connectivity index (χ0v) is 12.3. The van der Waals surface area contributed by atoms with Crippen LogP contribution in [0.15, 0.2) is 29.1 Å². The third kappa shape index (κ3) is 2.32. The lowest BCUT2D eigenvalue weighted by Gasteiger charge is -2.15. The molecule has 0 bridgehead atoms. The molecule has 0 aliphatic rings. The summed E-state index contributed by atoms with van der Waals surface area (Å²) < 4.78 is 1.22.